The van der Waals surface area contributed by atoms with E-state index in [1.54, 1.807) is 0 Å². The molecule has 0 spiro atoms. The van der Waals surface area contributed by atoms with Crippen LogP contribution in [0.25, 0.3) is 0 Å². The standard InChI is InChI=1S/C13H21O2.Li/c1-4-13(15-11(3)14-5-2)12-9-7-6-8-10-12;/h11-13H,5-10H2,2-3H3;/q-1;+1. The largest absolute Gasteiger partial charge is 1.00 e. The Morgan fingerprint density at radius 1 is 1.31 bits per heavy atom. The minimum atomic E-state index is -0.222. The van der Waals surface area contributed by atoms with Crippen LogP contribution in [-0.4, -0.2) is 19.0 Å². The van der Waals surface area contributed by atoms with Crippen molar-refractivity contribution in [2.75, 3.05) is 6.61 Å². The fourth-order valence-corrected chi connectivity index (χ4v) is 2.18. The molecular formula is C13H21LiO2. The fourth-order valence-electron chi connectivity index (χ4n) is 2.18. The van der Waals surface area contributed by atoms with E-state index in [2.05, 4.69) is 5.92 Å². The molecule has 3 heteroatoms. The predicted octanol–water partition coefficient (Wildman–Crippen LogP) is -0.0718. The summed E-state index contributed by atoms with van der Waals surface area (Å²) in [4.78, 5) is 0. The molecule has 1 saturated carbocycles. The van der Waals surface area contributed by atoms with E-state index in [9.17, 15) is 0 Å². The van der Waals surface area contributed by atoms with Crippen LogP contribution in [0.3, 0.4) is 0 Å². The molecule has 0 N–H and O–H groups in total. The summed E-state index contributed by atoms with van der Waals surface area (Å²) in [6, 6.07) is 0. The van der Waals surface area contributed by atoms with Crippen molar-refractivity contribution in [1.82, 2.24) is 0 Å². The zero-order valence-corrected chi connectivity index (χ0v) is 10.8. The third kappa shape index (κ3) is 5.42. The van der Waals surface area contributed by atoms with Gasteiger partial charge in [0.15, 0.2) is 6.29 Å². The quantitative estimate of drug-likeness (QED) is 0.277. The second-order valence-electron chi connectivity index (χ2n) is 4.12. The molecule has 1 rings (SSSR count). The third-order valence-corrected chi connectivity index (χ3v) is 2.96. The summed E-state index contributed by atoms with van der Waals surface area (Å²) >= 11 is 0. The number of ether oxygens (including phenoxy) is 2. The summed E-state index contributed by atoms with van der Waals surface area (Å²) in [5.74, 6) is 2.98. The maximum atomic E-state index is 7.29. The molecule has 1 fully saturated rings. The molecular weight excluding hydrogens is 195 g/mol. The molecule has 86 valence electrons. The third-order valence-electron chi connectivity index (χ3n) is 2.96. The molecule has 0 aromatic heterocycles. The van der Waals surface area contributed by atoms with Crippen LogP contribution in [0.15, 0.2) is 0 Å². The summed E-state index contributed by atoms with van der Waals surface area (Å²) in [5, 5.41) is 0. The summed E-state index contributed by atoms with van der Waals surface area (Å²) < 4.78 is 11.0. The normalized spacial score (nSPS) is 20.6. The minimum Gasteiger partial charge on any atom is -0.691 e. The Morgan fingerprint density at radius 3 is 2.44 bits per heavy atom. The van der Waals surface area contributed by atoms with Crippen molar-refractivity contribution in [2.24, 2.45) is 5.92 Å². The molecule has 0 aliphatic heterocycles. The van der Waals surface area contributed by atoms with E-state index in [4.69, 9.17) is 15.9 Å². The molecule has 1 aliphatic rings. The van der Waals surface area contributed by atoms with Gasteiger partial charge in [0.25, 0.3) is 0 Å². The number of hydrogen-bond donors (Lipinski definition) is 0. The van der Waals surface area contributed by atoms with Gasteiger partial charge in [0.05, 0.1) is 6.10 Å². The van der Waals surface area contributed by atoms with Crippen molar-refractivity contribution in [3.8, 4) is 5.92 Å². The van der Waals surface area contributed by atoms with Gasteiger partial charge in [0.1, 0.15) is 0 Å². The van der Waals surface area contributed by atoms with Gasteiger partial charge in [-0.3, -0.25) is 0 Å². The molecule has 0 bridgehead atoms. The maximum Gasteiger partial charge on any atom is 1.00 e. The van der Waals surface area contributed by atoms with Crippen LogP contribution in [0.2, 0.25) is 0 Å². The van der Waals surface area contributed by atoms with Crippen molar-refractivity contribution < 1.29 is 28.3 Å². The maximum absolute atomic E-state index is 7.29. The van der Waals surface area contributed by atoms with Gasteiger partial charge in [-0.15, -0.1) is 0 Å². The first-order chi connectivity index (χ1) is 7.27. The Balaban J connectivity index is 0.00000225. The van der Waals surface area contributed by atoms with E-state index in [-0.39, 0.29) is 31.3 Å². The second kappa shape index (κ2) is 9.14. The smallest absolute Gasteiger partial charge is 0.691 e. The zero-order chi connectivity index (χ0) is 11.1. The van der Waals surface area contributed by atoms with Gasteiger partial charge in [0.2, 0.25) is 0 Å². The van der Waals surface area contributed by atoms with Crippen molar-refractivity contribution in [2.45, 2.75) is 58.3 Å². The number of rotatable bonds is 5. The van der Waals surface area contributed by atoms with Crippen LogP contribution in [0.1, 0.15) is 46.0 Å². The van der Waals surface area contributed by atoms with Crippen LogP contribution in [-0.2, 0) is 9.47 Å². The zero-order valence-electron chi connectivity index (χ0n) is 10.8. The summed E-state index contributed by atoms with van der Waals surface area (Å²) in [7, 11) is 0. The Morgan fingerprint density at radius 2 is 1.94 bits per heavy atom. The Kier molecular flexibility index (Phi) is 9.19. The van der Waals surface area contributed by atoms with Crippen LogP contribution < -0.4 is 18.9 Å². The molecule has 2 unspecified atom stereocenters. The summed E-state index contributed by atoms with van der Waals surface area (Å²) in [6.45, 7) is 4.48. The van der Waals surface area contributed by atoms with Crippen LogP contribution in [0.5, 0.6) is 0 Å². The van der Waals surface area contributed by atoms with E-state index >= 15 is 0 Å². The first kappa shape index (κ1) is 16.1. The fraction of sp³-hybridized carbons (Fsp3) is 0.846. The molecule has 0 aromatic carbocycles. The van der Waals surface area contributed by atoms with Crippen LogP contribution in [0.4, 0.5) is 0 Å². The van der Waals surface area contributed by atoms with Gasteiger partial charge in [-0.1, -0.05) is 19.3 Å². The molecule has 0 saturated heterocycles. The van der Waals surface area contributed by atoms with E-state index < -0.39 is 0 Å². The Hall–Kier alpha value is 0.0774. The van der Waals surface area contributed by atoms with Gasteiger partial charge in [-0.25, -0.2) is 0 Å². The molecule has 16 heavy (non-hydrogen) atoms. The van der Waals surface area contributed by atoms with E-state index in [0.29, 0.717) is 12.5 Å². The van der Waals surface area contributed by atoms with Gasteiger partial charge >= 0.3 is 18.9 Å². The molecule has 2 atom stereocenters. The molecule has 0 radical (unpaired) electrons. The van der Waals surface area contributed by atoms with Gasteiger partial charge in [-0.2, -0.15) is 0 Å². The van der Waals surface area contributed by atoms with Crippen molar-refractivity contribution in [1.29, 1.82) is 0 Å². The topological polar surface area (TPSA) is 18.5 Å². The molecule has 0 amide bonds. The molecule has 2 nitrogen and oxygen atoms in total. The number of hydrogen-bond acceptors (Lipinski definition) is 2. The van der Waals surface area contributed by atoms with Gasteiger partial charge < -0.3 is 21.8 Å². The second-order valence-corrected chi connectivity index (χ2v) is 4.12. The van der Waals surface area contributed by atoms with E-state index in [1.807, 2.05) is 13.8 Å². The van der Waals surface area contributed by atoms with Crippen molar-refractivity contribution in [3.63, 3.8) is 0 Å². The first-order valence-corrected chi connectivity index (χ1v) is 5.97. The van der Waals surface area contributed by atoms with Crippen molar-refractivity contribution >= 4 is 0 Å². The average Bonchev–Trinajstić information content (AvgIpc) is 2.27. The summed E-state index contributed by atoms with van der Waals surface area (Å²) in [6.07, 6.45) is 13.1. The summed E-state index contributed by atoms with van der Waals surface area (Å²) in [5.41, 5.74) is 0. The molecule has 1 aliphatic carbocycles. The Labute approximate surface area is 112 Å². The van der Waals surface area contributed by atoms with E-state index in [1.165, 1.54) is 19.3 Å². The van der Waals surface area contributed by atoms with Crippen LogP contribution >= 0.6 is 0 Å². The van der Waals surface area contributed by atoms with Crippen molar-refractivity contribution in [3.05, 3.63) is 6.42 Å². The monoisotopic (exact) mass is 216 g/mol. The molecule has 0 heterocycles. The Bertz CT molecular complexity index is 206. The predicted molar refractivity (Wildman–Crippen MR) is 59.7 cm³/mol. The average molecular weight is 216 g/mol. The minimum absolute atomic E-state index is 0. The van der Waals surface area contributed by atoms with Crippen LogP contribution in [0, 0.1) is 18.3 Å². The van der Waals surface area contributed by atoms with Gasteiger partial charge in [0, 0.05) is 6.61 Å². The SMILES string of the molecule is [C-]#CC(OC(C)OCC)C1CCCCC1.[Li+]. The molecule has 0 aromatic rings. The first-order valence-electron chi connectivity index (χ1n) is 5.97. The van der Waals surface area contributed by atoms with E-state index in [0.717, 1.165) is 12.8 Å². The van der Waals surface area contributed by atoms with Gasteiger partial charge in [-0.05, 0) is 32.6 Å².